The van der Waals surface area contributed by atoms with Crippen molar-refractivity contribution in [3.05, 3.63) is 83.6 Å². The Balaban J connectivity index is 1.52. The zero-order valence-electron chi connectivity index (χ0n) is 15.1. The van der Waals surface area contributed by atoms with Crippen LogP contribution in [0.3, 0.4) is 0 Å². The van der Waals surface area contributed by atoms with Crippen molar-refractivity contribution in [2.24, 2.45) is 4.99 Å². The maximum atomic E-state index is 6.09. The smallest absolute Gasteiger partial charge is 0.213 e. The molecule has 2 aliphatic rings. The number of hydrogen-bond donors (Lipinski definition) is 0. The van der Waals surface area contributed by atoms with E-state index in [1.165, 1.54) is 11.1 Å². The Kier molecular flexibility index (Phi) is 4.87. The van der Waals surface area contributed by atoms with Gasteiger partial charge in [-0.05, 0) is 24.5 Å². The van der Waals surface area contributed by atoms with Gasteiger partial charge in [-0.2, -0.15) is 0 Å². The quantitative estimate of drug-likeness (QED) is 0.825. The van der Waals surface area contributed by atoms with Crippen LogP contribution in [0.5, 0.6) is 0 Å². The molecule has 0 aromatic heterocycles. The van der Waals surface area contributed by atoms with E-state index in [4.69, 9.17) is 9.47 Å². The summed E-state index contributed by atoms with van der Waals surface area (Å²) >= 11 is 0. The van der Waals surface area contributed by atoms with Crippen LogP contribution in [0.2, 0.25) is 0 Å². The van der Waals surface area contributed by atoms with Crippen molar-refractivity contribution in [2.75, 3.05) is 26.3 Å². The van der Waals surface area contributed by atoms with E-state index in [9.17, 15) is 0 Å². The van der Waals surface area contributed by atoms with Crippen molar-refractivity contribution >= 4 is 5.84 Å². The lowest BCUT2D eigenvalue weighted by Gasteiger charge is -2.36. The Bertz CT molecular complexity index is 793. The minimum Gasteiger partial charge on any atom is -0.350 e. The topological polar surface area (TPSA) is 34.1 Å². The van der Waals surface area contributed by atoms with Crippen molar-refractivity contribution in [1.29, 1.82) is 0 Å². The molecule has 0 radical (unpaired) electrons. The van der Waals surface area contributed by atoms with Crippen molar-refractivity contribution in [2.45, 2.75) is 19.1 Å². The number of benzene rings is 2. The summed E-state index contributed by atoms with van der Waals surface area (Å²) in [7, 11) is 0. The van der Waals surface area contributed by atoms with Gasteiger partial charge in [0.25, 0.3) is 0 Å². The van der Waals surface area contributed by atoms with Crippen molar-refractivity contribution in [1.82, 2.24) is 4.90 Å². The SMILES string of the molecule is CC1=NC=C(Cc2ccccc2)CN1CC1(c2ccccc2)OCCO1. The monoisotopic (exact) mass is 348 g/mol. The number of ether oxygens (including phenoxy) is 2. The van der Waals surface area contributed by atoms with Crippen LogP contribution in [-0.4, -0.2) is 37.0 Å². The molecule has 0 amide bonds. The number of nitrogens with zero attached hydrogens (tertiary/aromatic N) is 2. The summed E-state index contributed by atoms with van der Waals surface area (Å²) in [5.41, 5.74) is 3.66. The van der Waals surface area contributed by atoms with Crippen molar-refractivity contribution in [3.8, 4) is 0 Å². The normalized spacial score (nSPS) is 19.2. The summed E-state index contributed by atoms with van der Waals surface area (Å²) in [6.45, 7) is 4.75. The Morgan fingerprint density at radius 2 is 1.62 bits per heavy atom. The molecule has 26 heavy (non-hydrogen) atoms. The molecular formula is C22H24N2O2. The maximum absolute atomic E-state index is 6.09. The van der Waals surface area contributed by atoms with Gasteiger partial charge in [0.05, 0.1) is 19.8 Å². The lowest BCUT2D eigenvalue weighted by molar-refractivity contribution is -0.172. The van der Waals surface area contributed by atoms with Gasteiger partial charge in [0.2, 0.25) is 5.79 Å². The third kappa shape index (κ3) is 3.57. The summed E-state index contributed by atoms with van der Waals surface area (Å²) in [6, 6.07) is 20.7. The van der Waals surface area contributed by atoms with Crippen LogP contribution in [0.15, 0.2) is 77.4 Å². The van der Waals surface area contributed by atoms with Gasteiger partial charge in [0.15, 0.2) is 0 Å². The number of rotatable bonds is 5. The Labute approximate surface area is 154 Å². The fourth-order valence-electron chi connectivity index (χ4n) is 3.54. The van der Waals surface area contributed by atoms with E-state index in [0.717, 1.165) is 24.4 Å². The van der Waals surface area contributed by atoms with E-state index >= 15 is 0 Å². The molecular weight excluding hydrogens is 324 g/mol. The largest absolute Gasteiger partial charge is 0.350 e. The molecule has 1 saturated heterocycles. The lowest BCUT2D eigenvalue weighted by Crippen LogP contribution is -2.45. The summed E-state index contributed by atoms with van der Waals surface area (Å²) < 4.78 is 12.2. The Hall–Kier alpha value is -2.43. The van der Waals surface area contributed by atoms with Crippen LogP contribution in [0, 0.1) is 0 Å². The van der Waals surface area contributed by atoms with Crippen LogP contribution < -0.4 is 0 Å². The molecule has 1 fully saturated rings. The van der Waals surface area contributed by atoms with E-state index in [1.807, 2.05) is 37.4 Å². The highest BCUT2D eigenvalue weighted by Crippen LogP contribution is 2.33. The van der Waals surface area contributed by atoms with Gasteiger partial charge in [-0.25, -0.2) is 4.99 Å². The molecule has 4 heteroatoms. The van der Waals surface area contributed by atoms with Gasteiger partial charge in [-0.3, -0.25) is 0 Å². The molecule has 0 N–H and O–H groups in total. The van der Waals surface area contributed by atoms with Gasteiger partial charge in [0, 0.05) is 18.3 Å². The molecule has 0 bridgehead atoms. The first-order valence-corrected chi connectivity index (χ1v) is 9.10. The molecule has 2 aromatic carbocycles. The molecule has 0 saturated carbocycles. The molecule has 2 aromatic rings. The minimum absolute atomic E-state index is 0.617. The Morgan fingerprint density at radius 3 is 2.31 bits per heavy atom. The van der Waals surface area contributed by atoms with Crippen LogP contribution in [0.25, 0.3) is 0 Å². The van der Waals surface area contributed by atoms with Gasteiger partial charge in [0.1, 0.15) is 5.84 Å². The standard InChI is InChI=1S/C22H24N2O2/c1-18-23-15-20(14-19-8-4-2-5-9-19)16-24(18)17-22(25-12-13-26-22)21-10-6-3-7-11-21/h2-11,15H,12-14,16-17H2,1H3. The predicted octanol–water partition coefficient (Wildman–Crippen LogP) is 3.75. The van der Waals surface area contributed by atoms with Crippen LogP contribution >= 0.6 is 0 Å². The molecule has 4 rings (SSSR count). The average molecular weight is 348 g/mol. The van der Waals surface area contributed by atoms with Gasteiger partial charge in [-0.1, -0.05) is 60.7 Å². The van der Waals surface area contributed by atoms with E-state index in [1.54, 1.807) is 0 Å². The highest BCUT2D eigenvalue weighted by molar-refractivity contribution is 5.81. The summed E-state index contributed by atoms with van der Waals surface area (Å²) in [5.74, 6) is 0.281. The maximum Gasteiger partial charge on any atom is 0.213 e. The molecule has 134 valence electrons. The third-order valence-corrected chi connectivity index (χ3v) is 4.93. The van der Waals surface area contributed by atoms with Gasteiger partial charge < -0.3 is 14.4 Å². The second-order valence-corrected chi connectivity index (χ2v) is 6.80. The molecule has 0 aliphatic carbocycles. The first-order valence-electron chi connectivity index (χ1n) is 9.10. The van der Waals surface area contributed by atoms with E-state index in [0.29, 0.717) is 19.8 Å². The second-order valence-electron chi connectivity index (χ2n) is 6.80. The Morgan fingerprint density at radius 1 is 0.962 bits per heavy atom. The van der Waals surface area contributed by atoms with Gasteiger partial charge >= 0.3 is 0 Å². The number of amidine groups is 1. The van der Waals surface area contributed by atoms with Crippen LogP contribution in [0.4, 0.5) is 0 Å². The van der Waals surface area contributed by atoms with Gasteiger partial charge in [-0.15, -0.1) is 0 Å². The van der Waals surface area contributed by atoms with Crippen molar-refractivity contribution in [3.63, 3.8) is 0 Å². The highest BCUT2D eigenvalue weighted by atomic mass is 16.7. The van der Waals surface area contributed by atoms with Crippen molar-refractivity contribution < 1.29 is 9.47 Å². The molecule has 2 aliphatic heterocycles. The van der Waals surface area contributed by atoms with Crippen LogP contribution in [-0.2, 0) is 21.7 Å². The molecule has 2 heterocycles. The fraction of sp³-hybridized carbons (Fsp3) is 0.318. The molecule has 4 nitrogen and oxygen atoms in total. The highest BCUT2D eigenvalue weighted by Gasteiger charge is 2.41. The summed E-state index contributed by atoms with van der Waals surface area (Å²) in [4.78, 5) is 6.89. The van der Waals surface area contributed by atoms with Crippen LogP contribution in [0.1, 0.15) is 18.1 Å². The van der Waals surface area contributed by atoms with E-state index < -0.39 is 5.79 Å². The fourth-order valence-corrected chi connectivity index (χ4v) is 3.54. The summed E-state index contributed by atoms with van der Waals surface area (Å²) in [6.07, 6.45) is 2.92. The second kappa shape index (κ2) is 7.44. The zero-order chi connectivity index (χ0) is 17.8. The number of aliphatic imine (C=N–C) groups is 1. The molecule has 0 unspecified atom stereocenters. The first-order chi connectivity index (χ1) is 12.8. The first kappa shape index (κ1) is 17.0. The zero-order valence-corrected chi connectivity index (χ0v) is 15.1. The molecule has 0 atom stereocenters. The minimum atomic E-state index is -0.715. The molecule has 0 spiro atoms. The lowest BCUT2D eigenvalue weighted by atomic mass is 10.0. The number of hydrogen-bond acceptors (Lipinski definition) is 4. The predicted molar refractivity (Wildman–Crippen MR) is 103 cm³/mol. The van der Waals surface area contributed by atoms with E-state index in [2.05, 4.69) is 46.3 Å². The van der Waals surface area contributed by atoms with E-state index in [-0.39, 0.29) is 0 Å². The average Bonchev–Trinajstić information content (AvgIpc) is 3.16. The summed E-state index contributed by atoms with van der Waals surface area (Å²) in [5, 5.41) is 0. The third-order valence-electron chi connectivity index (χ3n) is 4.93.